The lowest BCUT2D eigenvalue weighted by molar-refractivity contribution is 0.609. The van der Waals surface area contributed by atoms with Crippen molar-refractivity contribution in [3.05, 3.63) is 128 Å². The van der Waals surface area contributed by atoms with Crippen molar-refractivity contribution < 1.29 is 0 Å². The molecule has 4 nitrogen and oxygen atoms in total. The van der Waals surface area contributed by atoms with Gasteiger partial charge >= 0.3 is 11.1 Å². The molecule has 0 radical (unpaired) electrons. The molecule has 2 N–H and O–H groups in total. The third-order valence-electron chi connectivity index (χ3n) is 6.06. The fraction of sp³-hybridized carbons (Fsp3) is 0.154. The van der Waals surface area contributed by atoms with Crippen LogP contribution in [0.3, 0.4) is 0 Å². The minimum absolute atomic E-state index is 0.0516. The van der Waals surface area contributed by atoms with E-state index in [1.54, 1.807) is 0 Å². The first-order chi connectivity index (χ1) is 14.7. The zero-order chi connectivity index (χ0) is 20.5. The zero-order valence-electron chi connectivity index (χ0n) is 16.5. The van der Waals surface area contributed by atoms with Gasteiger partial charge in [-0.3, -0.25) is 9.59 Å². The maximum Gasteiger partial charge on any atom is 0.314 e. The molecule has 0 saturated heterocycles. The molecule has 0 spiro atoms. The molecule has 1 aliphatic rings. The normalized spacial score (nSPS) is 14.5. The number of H-pyrrole nitrogens is 2. The van der Waals surface area contributed by atoms with Gasteiger partial charge in [0, 0.05) is 23.1 Å². The zero-order valence-corrected chi connectivity index (χ0v) is 16.5. The van der Waals surface area contributed by atoms with Gasteiger partial charge in [0.25, 0.3) is 0 Å². The van der Waals surface area contributed by atoms with Crippen LogP contribution in [0.15, 0.2) is 94.5 Å². The summed E-state index contributed by atoms with van der Waals surface area (Å²) in [4.78, 5) is 29.6. The second kappa shape index (κ2) is 7.64. The Kier molecular flexibility index (Phi) is 4.68. The van der Waals surface area contributed by atoms with Crippen LogP contribution in [0.2, 0.25) is 0 Å². The van der Waals surface area contributed by atoms with Gasteiger partial charge in [0.2, 0.25) is 0 Å². The van der Waals surface area contributed by atoms with Crippen LogP contribution in [0, 0.1) is 0 Å². The van der Waals surface area contributed by atoms with Gasteiger partial charge in [0.05, 0.1) is 5.69 Å². The Balaban J connectivity index is 1.53. The molecule has 0 amide bonds. The average molecular weight is 394 g/mol. The van der Waals surface area contributed by atoms with Gasteiger partial charge in [-0.25, -0.2) is 0 Å². The second-order valence-electron chi connectivity index (χ2n) is 7.79. The van der Waals surface area contributed by atoms with E-state index in [0.717, 1.165) is 35.4 Å². The largest absolute Gasteiger partial charge is 0.319 e. The third kappa shape index (κ3) is 3.20. The van der Waals surface area contributed by atoms with Crippen molar-refractivity contribution in [3.63, 3.8) is 0 Å². The van der Waals surface area contributed by atoms with Gasteiger partial charge in [-0.15, -0.1) is 0 Å². The molecule has 1 atom stereocenters. The van der Waals surface area contributed by atoms with Crippen molar-refractivity contribution >= 4 is 0 Å². The molecule has 1 aromatic heterocycles. The number of benzene rings is 3. The summed E-state index contributed by atoms with van der Waals surface area (Å²) in [5.74, 6) is 0.314. The number of nitrogens with one attached hydrogen (secondary N) is 2. The van der Waals surface area contributed by atoms with Crippen molar-refractivity contribution in [1.29, 1.82) is 0 Å². The highest BCUT2D eigenvalue weighted by Crippen LogP contribution is 2.45. The number of hydrogen-bond acceptors (Lipinski definition) is 2. The van der Waals surface area contributed by atoms with Gasteiger partial charge < -0.3 is 9.97 Å². The number of aromatic amines is 2. The van der Waals surface area contributed by atoms with Crippen LogP contribution >= 0.6 is 0 Å². The van der Waals surface area contributed by atoms with E-state index < -0.39 is 11.1 Å². The Labute approximate surface area is 174 Å². The maximum atomic E-state index is 12.1. The summed E-state index contributed by atoms with van der Waals surface area (Å²) in [5, 5.41) is 0. The van der Waals surface area contributed by atoms with Crippen molar-refractivity contribution in [2.75, 3.05) is 0 Å². The van der Waals surface area contributed by atoms with E-state index in [1.165, 1.54) is 11.1 Å². The summed E-state index contributed by atoms with van der Waals surface area (Å²) in [6.45, 7) is 0. The Bertz CT molecular complexity index is 1250. The predicted octanol–water partition coefficient (Wildman–Crippen LogP) is 4.79. The van der Waals surface area contributed by atoms with Gasteiger partial charge in [-0.1, -0.05) is 84.9 Å². The van der Waals surface area contributed by atoms with Crippen LogP contribution in [-0.2, 0) is 0 Å². The SMILES string of the molecule is O=c1[nH]c2c([nH]c1=O)C(CCC(c1ccccc1)c1ccccc1)c1ccccc1-2. The fourth-order valence-corrected chi connectivity index (χ4v) is 4.67. The average Bonchev–Trinajstić information content (AvgIpc) is 3.08. The smallest absolute Gasteiger partial charge is 0.314 e. The molecule has 0 aliphatic heterocycles. The molecule has 148 valence electrons. The number of rotatable bonds is 5. The summed E-state index contributed by atoms with van der Waals surface area (Å²) in [6, 6.07) is 29.2. The van der Waals surface area contributed by atoms with E-state index in [1.807, 2.05) is 30.3 Å². The highest BCUT2D eigenvalue weighted by Gasteiger charge is 2.31. The van der Waals surface area contributed by atoms with Crippen LogP contribution < -0.4 is 11.1 Å². The first kappa shape index (κ1) is 18.4. The highest BCUT2D eigenvalue weighted by molar-refractivity contribution is 5.74. The van der Waals surface area contributed by atoms with Gasteiger partial charge in [0.1, 0.15) is 0 Å². The monoisotopic (exact) mass is 394 g/mol. The van der Waals surface area contributed by atoms with Crippen LogP contribution in [0.1, 0.15) is 47.1 Å². The Hall–Kier alpha value is -3.66. The molecule has 0 fully saturated rings. The van der Waals surface area contributed by atoms with Crippen molar-refractivity contribution in [3.8, 4) is 11.3 Å². The lowest BCUT2D eigenvalue weighted by Gasteiger charge is -2.21. The molecule has 0 saturated carbocycles. The van der Waals surface area contributed by atoms with Crippen LogP contribution in [0.25, 0.3) is 11.3 Å². The lowest BCUT2D eigenvalue weighted by atomic mass is 9.83. The molecular formula is C26H22N2O2. The van der Waals surface area contributed by atoms with Crippen molar-refractivity contribution in [2.45, 2.75) is 24.7 Å². The summed E-state index contributed by atoms with van der Waals surface area (Å²) < 4.78 is 0. The Morgan fingerprint density at radius 2 is 1.27 bits per heavy atom. The topological polar surface area (TPSA) is 65.7 Å². The van der Waals surface area contributed by atoms with Gasteiger partial charge in [0.15, 0.2) is 0 Å². The van der Waals surface area contributed by atoms with E-state index in [2.05, 4.69) is 64.6 Å². The quantitative estimate of drug-likeness (QED) is 0.478. The van der Waals surface area contributed by atoms with Crippen molar-refractivity contribution in [2.24, 2.45) is 0 Å². The Morgan fingerprint density at radius 1 is 0.700 bits per heavy atom. The fourth-order valence-electron chi connectivity index (χ4n) is 4.67. The molecule has 1 heterocycles. The summed E-state index contributed by atoms with van der Waals surface area (Å²) in [5.41, 5.74) is 5.10. The van der Waals surface area contributed by atoms with E-state index in [9.17, 15) is 9.59 Å². The molecular weight excluding hydrogens is 372 g/mol. The molecule has 5 rings (SSSR count). The number of hydrogen-bond donors (Lipinski definition) is 2. The summed E-state index contributed by atoms with van der Waals surface area (Å²) >= 11 is 0. The minimum atomic E-state index is -0.601. The van der Waals surface area contributed by atoms with Gasteiger partial charge in [-0.2, -0.15) is 0 Å². The number of fused-ring (bicyclic) bond motifs is 3. The van der Waals surface area contributed by atoms with Gasteiger partial charge in [-0.05, 0) is 29.5 Å². The second-order valence-corrected chi connectivity index (χ2v) is 7.79. The Morgan fingerprint density at radius 3 is 1.93 bits per heavy atom. The third-order valence-corrected chi connectivity index (χ3v) is 6.06. The highest BCUT2D eigenvalue weighted by atomic mass is 16.2. The molecule has 4 aromatic rings. The van der Waals surface area contributed by atoms with Crippen molar-refractivity contribution in [1.82, 2.24) is 9.97 Å². The molecule has 1 aliphatic carbocycles. The molecule has 1 unspecified atom stereocenters. The van der Waals surface area contributed by atoms with E-state index in [0.29, 0.717) is 0 Å². The van der Waals surface area contributed by atoms with Crippen LogP contribution in [-0.4, -0.2) is 9.97 Å². The van der Waals surface area contributed by atoms with Crippen LogP contribution in [0.4, 0.5) is 0 Å². The maximum absolute atomic E-state index is 12.1. The molecule has 0 bridgehead atoms. The summed E-state index contributed by atoms with van der Waals surface area (Å²) in [7, 11) is 0. The van der Waals surface area contributed by atoms with E-state index >= 15 is 0 Å². The molecule has 4 heteroatoms. The van der Waals surface area contributed by atoms with E-state index in [4.69, 9.17) is 0 Å². The summed E-state index contributed by atoms with van der Waals surface area (Å²) in [6.07, 6.45) is 1.79. The van der Waals surface area contributed by atoms with Crippen LogP contribution in [0.5, 0.6) is 0 Å². The standard InChI is InChI=1S/C26H22N2O2/c29-25-26(30)28-24-22(20-13-7-8-14-21(20)23(24)27-25)16-15-19(17-9-3-1-4-10-17)18-11-5-2-6-12-18/h1-14,19,22H,15-16H2,(H,27,29)(H,28,30). The number of aromatic nitrogens is 2. The molecule has 3 aromatic carbocycles. The predicted molar refractivity (Wildman–Crippen MR) is 119 cm³/mol. The lowest BCUT2D eigenvalue weighted by Crippen LogP contribution is -2.30. The minimum Gasteiger partial charge on any atom is -0.319 e. The first-order valence-electron chi connectivity index (χ1n) is 10.3. The first-order valence-corrected chi connectivity index (χ1v) is 10.3. The molecule has 30 heavy (non-hydrogen) atoms. The van der Waals surface area contributed by atoms with E-state index in [-0.39, 0.29) is 11.8 Å².